The van der Waals surface area contributed by atoms with E-state index in [1.54, 1.807) is 7.05 Å². The van der Waals surface area contributed by atoms with Gasteiger partial charge < -0.3 is 14.7 Å². The van der Waals surface area contributed by atoms with Crippen LogP contribution in [0.25, 0.3) is 11.3 Å². The highest BCUT2D eigenvalue weighted by atomic mass is 16.5. The fourth-order valence-corrected chi connectivity index (χ4v) is 4.50. The monoisotopic (exact) mass is 396 g/mol. The summed E-state index contributed by atoms with van der Waals surface area (Å²) >= 11 is 0. The molecule has 2 aliphatic heterocycles. The molecule has 4 rings (SSSR count). The molecule has 1 aromatic carbocycles. The van der Waals surface area contributed by atoms with Crippen molar-refractivity contribution in [3.05, 3.63) is 42.2 Å². The van der Waals surface area contributed by atoms with Crippen LogP contribution in [-0.2, 0) is 16.0 Å². The standard InChI is InChI=1S/C22H28N4O3/c1-23-21(28)22(9-12-25(16-22)15-20(27)26-10-5-6-11-26)14-18-13-19(24-29-18)17-7-3-2-4-8-17/h2-4,7-8,13H,5-6,9-12,14-16H2,1H3,(H,23,28)/t22-/m1/s1. The third kappa shape index (κ3) is 4.19. The molecule has 2 aliphatic rings. The molecule has 2 fully saturated rings. The summed E-state index contributed by atoms with van der Waals surface area (Å²) < 4.78 is 5.57. The molecule has 1 N–H and O–H groups in total. The van der Waals surface area contributed by atoms with Crippen molar-refractivity contribution in [1.29, 1.82) is 0 Å². The van der Waals surface area contributed by atoms with Crippen molar-refractivity contribution in [3.63, 3.8) is 0 Å². The Bertz CT molecular complexity index is 860. The molecule has 0 radical (unpaired) electrons. The predicted octanol–water partition coefficient (Wildman–Crippen LogP) is 1.94. The number of nitrogens with one attached hydrogen (secondary N) is 1. The molecule has 7 nitrogen and oxygen atoms in total. The first kappa shape index (κ1) is 19.6. The number of amides is 2. The van der Waals surface area contributed by atoms with Crippen molar-refractivity contribution in [2.45, 2.75) is 25.7 Å². The second kappa shape index (κ2) is 8.37. The van der Waals surface area contributed by atoms with Gasteiger partial charge >= 0.3 is 0 Å². The number of hydrogen-bond donors (Lipinski definition) is 1. The van der Waals surface area contributed by atoms with Gasteiger partial charge in [-0.25, -0.2) is 0 Å². The second-order valence-electron chi connectivity index (χ2n) is 8.13. The Morgan fingerprint density at radius 1 is 1.17 bits per heavy atom. The van der Waals surface area contributed by atoms with Crippen LogP contribution in [0.1, 0.15) is 25.0 Å². The van der Waals surface area contributed by atoms with E-state index in [1.165, 1.54) is 0 Å². The molecule has 29 heavy (non-hydrogen) atoms. The first-order chi connectivity index (χ1) is 14.1. The minimum atomic E-state index is -0.604. The molecular formula is C22H28N4O3. The quantitative estimate of drug-likeness (QED) is 0.807. The molecule has 2 aromatic rings. The van der Waals surface area contributed by atoms with Crippen LogP contribution < -0.4 is 5.32 Å². The van der Waals surface area contributed by atoms with E-state index in [1.807, 2.05) is 41.3 Å². The highest BCUT2D eigenvalue weighted by Crippen LogP contribution is 2.35. The average molecular weight is 396 g/mol. The molecule has 7 heteroatoms. The van der Waals surface area contributed by atoms with Crippen molar-refractivity contribution in [1.82, 2.24) is 20.3 Å². The summed E-state index contributed by atoms with van der Waals surface area (Å²) in [4.78, 5) is 29.4. The average Bonchev–Trinajstić information content (AvgIpc) is 3.50. The van der Waals surface area contributed by atoms with E-state index in [4.69, 9.17) is 4.52 Å². The minimum absolute atomic E-state index is 0.00807. The van der Waals surface area contributed by atoms with E-state index >= 15 is 0 Å². The van der Waals surface area contributed by atoms with Gasteiger partial charge in [0.2, 0.25) is 11.8 Å². The number of hydrogen-bond acceptors (Lipinski definition) is 5. The Morgan fingerprint density at radius 2 is 1.93 bits per heavy atom. The normalized spacial score (nSPS) is 22.2. The predicted molar refractivity (Wildman–Crippen MR) is 109 cm³/mol. The first-order valence-corrected chi connectivity index (χ1v) is 10.3. The van der Waals surface area contributed by atoms with Gasteiger partial charge in [-0.1, -0.05) is 35.5 Å². The molecule has 3 heterocycles. The van der Waals surface area contributed by atoms with Gasteiger partial charge in [-0.05, 0) is 25.8 Å². The summed E-state index contributed by atoms with van der Waals surface area (Å²) in [6, 6.07) is 11.8. The van der Waals surface area contributed by atoms with Gasteiger partial charge in [0.25, 0.3) is 0 Å². The van der Waals surface area contributed by atoms with Gasteiger partial charge in [0, 0.05) is 44.7 Å². The smallest absolute Gasteiger partial charge is 0.236 e. The topological polar surface area (TPSA) is 78.7 Å². The maximum absolute atomic E-state index is 12.8. The van der Waals surface area contributed by atoms with Crippen molar-refractivity contribution >= 4 is 11.8 Å². The lowest BCUT2D eigenvalue weighted by molar-refractivity contribution is -0.133. The van der Waals surface area contributed by atoms with Crippen molar-refractivity contribution < 1.29 is 14.1 Å². The van der Waals surface area contributed by atoms with E-state index in [2.05, 4.69) is 15.4 Å². The Hall–Kier alpha value is -2.67. The first-order valence-electron chi connectivity index (χ1n) is 10.3. The van der Waals surface area contributed by atoms with E-state index in [0.717, 1.165) is 43.7 Å². The molecule has 154 valence electrons. The number of nitrogens with zero attached hydrogens (tertiary/aromatic N) is 3. The number of aromatic nitrogens is 1. The number of benzene rings is 1. The SMILES string of the molecule is CNC(=O)[C@@]1(Cc2cc(-c3ccccc3)no2)CCN(CC(=O)N2CCCC2)C1. The fourth-order valence-electron chi connectivity index (χ4n) is 4.50. The summed E-state index contributed by atoms with van der Waals surface area (Å²) in [5.74, 6) is 0.854. The third-order valence-electron chi connectivity index (χ3n) is 6.10. The third-order valence-corrected chi connectivity index (χ3v) is 6.10. The highest BCUT2D eigenvalue weighted by Gasteiger charge is 2.45. The molecule has 0 spiro atoms. The van der Waals surface area contributed by atoms with Gasteiger partial charge in [0.1, 0.15) is 11.5 Å². The summed E-state index contributed by atoms with van der Waals surface area (Å²) in [5.41, 5.74) is 1.15. The van der Waals surface area contributed by atoms with Crippen LogP contribution in [-0.4, -0.2) is 66.5 Å². The summed E-state index contributed by atoms with van der Waals surface area (Å²) in [7, 11) is 1.66. The van der Waals surface area contributed by atoms with E-state index in [9.17, 15) is 9.59 Å². The highest BCUT2D eigenvalue weighted by molar-refractivity contribution is 5.84. The number of likely N-dealkylation sites (tertiary alicyclic amines) is 2. The van der Waals surface area contributed by atoms with E-state index < -0.39 is 5.41 Å². The Morgan fingerprint density at radius 3 is 2.66 bits per heavy atom. The van der Waals surface area contributed by atoms with Gasteiger partial charge in [-0.15, -0.1) is 0 Å². The van der Waals surface area contributed by atoms with Crippen LogP contribution in [0, 0.1) is 5.41 Å². The molecule has 2 amide bonds. The molecule has 1 aromatic heterocycles. The van der Waals surface area contributed by atoms with Crippen LogP contribution in [0.3, 0.4) is 0 Å². The fraction of sp³-hybridized carbons (Fsp3) is 0.500. The van der Waals surface area contributed by atoms with Gasteiger partial charge in [-0.3, -0.25) is 14.5 Å². The van der Waals surface area contributed by atoms with Crippen LogP contribution in [0.4, 0.5) is 0 Å². The van der Waals surface area contributed by atoms with Crippen molar-refractivity contribution in [2.75, 3.05) is 39.8 Å². The summed E-state index contributed by atoms with van der Waals surface area (Å²) in [6.07, 6.45) is 3.34. The zero-order valence-corrected chi connectivity index (χ0v) is 16.9. The lowest BCUT2D eigenvalue weighted by Crippen LogP contribution is -2.44. The maximum atomic E-state index is 12.8. The largest absolute Gasteiger partial charge is 0.361 e. The molecule has 1 atom stereocenters. The second-order valence-corrected chi connectivity index (χ2v) is 8.13. The van der Waals surface area contributed by atoms with Crippen LogP contribution in [0.15, 0.2) is 40.9 Å². The molecule has 2 saturated heterocycles. The van der Waals surface area contributed by atoms with Crippen LogP contribution >= 0.6 is 0 Å². The molecule has 0 bridgehead atoms. The van der Waals surface area contributed by atoms with Gasteiger partial charge in [0.15, 0.2) is 0 Å². The molecule has 0 aliphatic carbocycles. The van der Waals surface area contributed by atoms with E-state index in [-0.39, 0.29) is 11.8 Å². The van der Waals surface area contributed by atoms with Crippen molar-refractivity contribution in [3.8, 4) is 11.3 Å². The van der Waals surface area contributed by atoms with E-state index in [0.29, 0.717) is 31.7 Å². The van der Waals surface area contributed by atoms with Crippen molar-refractivity contribution in [2.24, 2.45) is 5.41 Å². The number of carbonyl (C=O) groups is 2. The number of rotatable bonds is 6. The Labute approximate surface area is 171 Å². The molecular weight excluding hydrogens is 368 g/mol. The lowest BCUT2D eigenvalue weighted by atomic mass is 9.81. The Kier molecular flexibility index (Phi) is 5.67. The van der Waals surface area contributed by atoms with Crippen LogP contribution in [0.2, 0.25) is 0 Å². The summed E-state index contributed by atoms with van der Waals surface area (Å²) in [6.45, 7) is 3.37. The lowest BCUT2D eigenvalue weighted by Gasteiger charge is -2.27. The minimum Gasteiger partial charge on any atom is -0.361 e. The maximum Gasteiger partial charge on any atom is 0.236 e. The zero-order valence-electron chi connectivity index (χ0n) is 16.9. The molecule has 0 unspecified atom stereocenters. The summed E-state index contributed by atoms with van der Waals surface area (Å²) in [5, 5.41) is 7.00. The Balaban J connectivity index is 1.46. The molecule has 0 saturated carbocycles. The van der Waals surface area contributed by atoms with Gasteiger partial charge in [0.05, 0.1) is 12.0 Å². The zero-order chi connectivity index (χ0) is 20.3. The van der Waals surface area contributed by atoms with Crippen LogP contribution in [0.5, 0.6) is 0 Å². The van der Waals surface area contributed by atoms with Gasteiger partial charge in [-0.2, -0.15) is 0 Å². The number of carbonyl (C=O) groups excluding carboxylic acids is 2.